The van der Waals surface area contributed by atoms with Gasteiger partial charge < -0.3 is 11.1 Å². The van der Waals surface area contributed by atoms with Crippen LogP contribution in [0.25, 0.3) is 0 Å². The van der Waals surface area contributed by atoms with E-state index in [9.17, 15) is 4.79 Å². The van der Waals surface area contributed by atoms with E-state index in [1.54, 1.807) is 0 Å². The van der Waals surface area contributed by atoms with Crippen LogP contribution in [0, 0.1) is 24.7 Å². The Morgan fingerprint density at radius 2 is 2.21 bits per heavy atom. The number of nitrogens with one attached hydrogen (secondary N) is 1. The van der Waals surface area contributed by atoms with Gasteiger partial charge in [-0.2, -0.15) is 0 Å². The van der Waals surface area contributed by atoms with Gasteiger partial charge in [0.25, 0.3) is 5.91 Å². The van der Waals surface area contributed by atoms with Crippen LogP contribution in [0.1, 0.15) is 41.8 Å². The Bertz CT molecular complexity index is 497. The molecule has 102 valence electrons. The van der Waals surface area contributed by atoms with E-state index in [0.717, 1.165) is 17.5 Å². The second kappa shape index (κ2) is 7.60. The van der Waals surface area contributed by atoms with E-state index in [0.29, 0.717) is 24.6 Å². The van der Waals surface area contributed by atoms with Crippen LogP contribution in [0.3, 0.4) is 0 Å². The van der Waals surface area contributed by atoms with Crippen molar-refractivity contribution in [2.75, 3.05) is 13.1 Å². The minimum atomic E-state index is -0.0453. The van der Waals surface area contributed by atoms with Gasteiger partial charge in [0.1, 0.15) is 0 Å². The van der Waals surface area contributed by atoms with Crippen molar-refractivity contribution in [1.82, 2.24) is 5.32 Å². The molecular weight excluding hydrogens is 236 g/mol. The summed E-state index contributed by atoms with van der Waals surface area (Å²) in [4.78, 5) is 12.0. The van der Waals surface area contributed by atoms with Gasteiger partial charge in [0.15, 0.2) is 0 Å². The van der Waals surface area contributed by atoms with Crippen LogP contribution in [0.2, 0.25) is 0 Å². The molecule has 0 aliphatic heterocycles. The number of rotatable bonds is 4. The van der Waals surface area contributed by atoms with Crippen molar-refractivity contribution in [2.45, 2.75) is 27.2 Å². The van der Waals surface area contributed by atoms with Crippen molar-refractivity contribution in [1.29, 1.82) is 0 Å². The standard InChI is InChI=1S/C16H22N2O/c1-4-12(2)11-18-16(19)15-8-7-13(3)14(10-15)6-5-9-17/h7-8,10,12H,4,9,11,17H2,1-3H3,(H,18,19). The van der Waals surface area contributed by atoms with E-state index >= 15 is 0 Å². The SMILES string of the molecule is CCC(C)CNC(=O)c1ccc(C)c(C#CCN)c1. The first kappa shape index (κ1) is 15.3. The summed E-state index contributed by atoms with van der Waals surface area (Å²) >= 11 is 0. The second-order valence-corrected chi connectivity index (χ2v) is 4.76. The molecule has 1 aromatic rings. The zero-order valence-electron chi connectivity index (χ0n) is 11.9. The maximum atomic E-state index is 12.0. The van der Waals surface area contributed by atoms with Gasteiger partial charge in [-0.1, -0.05) is 38.2 Å². The van der Waals surface area contributed by atoms with Crippen LogP contribution < -0.4 is 11.1 Å². The van der Waals surface area contributed by atoms with Crippen molar-refractivity contribution in [3.05, 3.63) is 34.9 Å². The van der Waals surface area contributed by atoms with Crippen molar-refractivity contribution in [3.8, 4) is 11.8 Å². The molecule has 0 bridgehead atoms. The fourth-order valence-electron chi connectivity index (χ4n) is 1.56. The number of benzene rings is 1. The number of carbonyl (C=O) groups excluding carboxylic acids is 1. The molecule has 0 aromatic heterocycles. The van der Waals surface area contributed by atoms with Crippen LogP contribution in [0.5, 0.6) is 0 Å². The third-order valence-electron chi connectivity index (χ3n) is 3.13. The van der Waals surface area contributed by atoms with E-state index in [2.05, 4.69) is 31.0 Å². The van der Waals surface area contributed by atoms with Crippen molar-refractivity contribution < 1.29 is 4.79 Å². The monoisotopic (exact) mass is 258 g/mol. The molecule has 1 rings (SSSR count). The Labute approximate surface area is 115 Å². The van der Waals surface area contributed by atoms with Crippen molar-refractivity contribution in [3.63, 3.8) is 0 Å². The van der Waals surface area contributed by atoms with Crippen LogP contribution in [0.15, 0.2) is 18.2 Å². The molecule has 1 atom stereocenters. The number of hydrogen-bond donors (Lipinski definition) is 2. The number of nitrogens with two attached hydrogens (primary N) is 1. The molecule has 1 amide bonds. The summed E-state index contributed by atoms with van der Waals surface area (Å²) < 4.78 is 0. The Morgan fingerprint density at radius 1 is 1.47 bits per heavy atom. The molecule has 3 heteroatoms. The normalized spacial score (nSPS) is 11.4. The zero-order valence-corrected chi connectivity index (χ0v) is 11.9. The van der Waals surface area contributed by atoms with Crippen molar-refractivity contribution in [2.24, 2.45) is 11.7 Å². The fourth-order valence-corrected chi connectivity index (χ4v) is 1.56. The van der Waals surface area contributed by atoms with Crippen LogP contribution in [-0.2, 0) is 0 Å². The van der Waals surface area contributed by atoms with Crippen molar-refractivity contribution >= 4 is 5.91 Å². The maximum absolute atomic E-state index is 12.0. The second-order valence-electron chi connectivity index (χ2n) is 4.76. The van der Waals surface area contributed by atoms with Gasteiger partial charge >= 0.3 is 0 Å². The Balaban J connectivity index is 2.81. The van der Waals surface area contributed by atoms with Gasteiger partial charge in [-0.15, -0.1) is 0 Å². The average molecular weight is 258 g/mol. The molecule has 0 saturated carbocycles. The van der Waals surface area contributed by atoms with Gasteiger partial charge in [0, 0.05) is 17.7 Å². The fraction of sp³-hybridized carbons (Fsp3) is 0.438. The highest BCUT2D eigenvalue weighted by atomic mass is 16.1. The average Bonchev–Trinajstić information content (AvgIpc) is 2.43. The first-order chi connectivity index (χ1) is 9.08. The smallest absolute Gasteiger partial charge is 0.251 e. The zero-order chi connectivity index (χ0) is 14.3. The molecular formula is C16H22N2O. The van der Waals surface area contributed by atoms with E-state index in [4.69, 9.17) is 5.73 Å². The maximum Gasteiger partial charge on any atom is 0.251 e. The summed E-state index contributed by atoms with van der Waals surface area (Å²) in [6, 6.07) is 5.57. The molecule has 19 heavy (non-hydrogen) atoms. The lowest BCUT2D eigenvalue weighted by atomic mass is 10.0. The first-order valence-electron chi connectivity index (χ1n) is 6.66. The summed E-state index contributed by atoms with van der Waals surface area (Å²) in [5, 5.41) is 2.94. The molecule has 0 fully saturated rings. The molecule has 0 aliphatic carbocycles. The minimum Gasteiger partial charge on any atom is -0.352 e. The predicted molar refractivity (Wildman–Crippen MR) is 78.9 cm³/mol. The Kier molecular flexibility index (Phi) is 6.11. The van der Waals surface area contributed by atoms with Gasteiger partial charge in [-0.25, -0.2) is 0 Å². The molecule has 1 unspecified atom stereocenters. The van der Waals surface area contributed by atoms with Gasteiger partial charge in [-0.05, 0) is 30.5 Å². The molecule has 0 aliphatic rings. The summed E-state index contributed by atoms with van der Waals surface area (Å²) in [7, 11) is 0. The third kappa shape index (κ3) is 4.76. The number of carbonyl (C=O) groups is 1. The van der Waals surface area contributed by atoms with Gasteiger partial charge in [0.05, 0.1) is 6.54 Å². The topological polar surface area (TPSA) is 55.1 Å². The third-order valence-corrected chi connectivity index (χ3v) is 3.13. The van der Waals surface area contributed by atoms with Crippen LogP contribution >= 0.6 is 0 Å². The van der Waals surface area contributed by atoms with E-state index in [-0.39, 0.29) is 5.91 Å². The Morgan fingerprint density at radius 3 is 2.84 bits per heavy atom. The molecule has 3 N–H and O–H groups in total. The molecule has 3 nitrogen and oxygen atoms in total. The summed E-state index contributed by atoms with van der Waals surface area (Å²) in [5.41, 5.74) is 7.93. The van der Waals surface area contributed by atoms with Gasteiger partial charge in [0.2, 0.25) is 0 Å². The lowest BCUT2D eigenvalue weighted by Crippen LogP contribution is -2.28. The number of aryl methyl sites for hydroxylation is 1. The Hall–Kier alpha value is -1.79. The number of hydrogen-bond acceptors (Lipinski definition) is 2. The molecule has 0 spiro atoms. The largest absolute Gasteiger partial charge is 0.352 e. The minimum absolute atomic E-state index is 0.0453. The molecule has 0 saturated heterocycles. The van der Waals surface area contributed by atoms with Crippen LogP contribution in [-0.4, -0.2) is 19.0 Å². The molecule has 1 aromatic carbocycles. The van der Waals surface area contributed by atoms with E-state index in [1.807, 2.05) is 25.1 Å². The van der Waals surface area contributed by atoms with Crippen LogP contribution in [0.4, 0.5) is 0 Å². The lowest BCUT2D eigenvalue weighted by molar-refractivity contribution is 0.0948. The summed E-state index contributed by atoms with van der Waals surface area (Å²) in [6.07, 6.45) is 1.06. The quantitative estimate of drug-likeness (QED) is 0.812. The number of amides is 1. The van der Waals surface area contributed by atoms with Gasteiger partial charge in [-0.3, -0.25) is 4.79 Å². The van der Waals surface area contributed by atoms with E-state index in [1.165, 1.54) is 0 Å². The first-order valence-corrected chi connectivity index (χ1v) is 6.66. The predicted octanol–water partition coefficient (Wildman–Crippen LogP) is 2.08. The van der Waals surface area contributed by atoms with E-state index < -0.39 is 0 Å². The highest BCUT2D eigenvalue weighted by molar-refractivity contribution is 5.94. The molecule has 0 heterocycles. The highest BCUT2D eigenvalue weighted by Gasteiger charge is 2.08. The molecule has 0 radical (unpaired) electrons. The summed E-state index contributed by atoms with van der Waals surface area (Å²) in [6.45, 7) is 7.23. The lowest BCUT2D eigenvalue weighted by Gasteiger charge is -2.10. The summed E-state index contributed by atoms with van der Waals surface area (Å²) in [5.74, 6) is 6.25. The highest BCUT2D eigenvalue weighted by Crippen LogP contribution is 2.10.